The summed E-state index contributed by atoms with van der Waals surface area (Å²) in [5, 5.41) is 4.69. The molecule has 0 radical (unpaired) electrons. The molecule has 1 aliphatic rings. The van der Waals surface area contributed by atoms with Crippen LogP contribution in [0.25, 0.3) is 0 Å². The van der Waals surface area contributed by atoms with Crippen molar-refractivity contribution < 1.29 is 9.53 Å². The molecule has 2 aromatic rings. The summed E-state index contributed by atoms with van der Waals surface area (Å²) in [5.74, 6) is 0.626. The van der Waals surface area contributed by atoms with Crippen molar-refractivity contribution in [3.63, 3.8) is 0 Å². The maximum absolute atomic E-state index is 12.8. The summed E-state index contributed by atoms with van der Waals surface area (Å²) in [4.78, 5) is 18.9. The van der Waals surface area contributed by atoms with E-state index >= 15 is 0 Å². The van der Waals surface area contributed by atoms with Gasteiger partial charge in [0, 0.05) is 19.8 Å². The number of halogens is 1. The number of hydrogen-bond donors (Lipinski definition) is 0. The summed E-state index contributed by atoms with van der Waals surface area (Å²) >= 11 is 6.26. The summed E-state index contributed by atoms with van der Waals surface area (Å²) in [6, 6.07) is 3.76. The maximum atomic E-state index is 12.8. The van der Waals surface area contributed by atoms with Crippen LogP contribution in [0.3, 0.4) is 0 Å². The van der Waals surface area contributed by atoms with Gasteiger partial charge in [-0.15, -0.1) is 0 Å². The zero-order chi connectivity index (χ0) is 17.3. The number of amides is 1. The van der Waals surface area contributed by atoms with E-state index in [2.05, 4.69) is 10.1 Å². The van der Waals surface area contributed by atoms with Crippen molar-refractivity contribution in [3.8, 4) is 5.75 Å². The molecule has 2 aromatic heterocycles. The summed E-state index contributed by atoms with van der Waals surface area (Å²) in [6.07, 6.45) is 3.60. The zero-order valence-electron chi connectivity index (χ0n) is 14.1. The number of rotatable bonds is 4. The zero-order valence-corrected chi connectivity index (χ0v) is 14.9. The van der Waals surface area contributed by atoms with Crippen LogP contribution in [0, 0.1) is 13.8 Å². The van der Waals surface area contributed by atoms with Gasteiger partial charge < -0.3 is 9.64 Å². The van der Waals surface area contributed by atoms with Gasteiger partial charge in [0.2, 0.25) is 0 Å². The van der Waals surface area contributed by atoms with Crippen molar-refractivity contribution in [3.05, 3.63) is 40.4 Å². The Hall–Kier alpha value is -2.08. The Labute approximate surface area is 146 Å². The first kappa shape index (κ1) is 16.8. The Kier molecular flexibility index (Phi) is 4.76. The molecule has 0 bridgehead atoms. The quantitative estimate of drug-likeness (QED) is 0.852. The lowest BCUT2D eigenvalue weighted by molar-refractivity contribution is 0.0684. The van der Waals surface area contributed by atoms with Gasteiger partial charge in [0.1, 0.15) is 12.4 Å². The van der Waals surface area contributed by atoms with Gasteiger partial charge in [-0.25, -0.2) is 0 Å². The lowest BCUT2D eigenvalue weighted by Crippen LogP contribution is -2.39. The topological polar surface area (TPSA) is 60.2 Å². The largest absolute Gasteiger partial charge is 0.490 e. The Morgan fingerprint density at radius 3 is 2.92 bits per heavy atom. The van der Waals surface area contributed by atoms with E-state index in [-0.39, 0.29) is 11.9 Å². The fourth-order valence-corrected chi connectivity index (χ4v) is 3.18. The molecule has 1 fully saturated rings. The normalized spacial score (nSPS) is 17.3. The molecule has 0 spiro atoms. The van der Waals surface area contributed by atoms with Crippen LogP contribution < -0.4 is 4.74 Å². The monoisotopic (exact) mass is 348 g/mol. The van der Waals surface area contributed by atoms with Gasteiger partial charge in [0.25, 0.3) is 5.91 Å². The Balaban J connectivity index is 1.72. The fraction of sp³-hybridized carbons (Fsp3) is 0.471. The van der Waals surface area contributed by atoms with Gasteiger partial charge in [0.05, 0.1) is 22.5 Å². The minimum Gasteiger partial charge on any atom is -0.490 e. The highest BCUT2D eigenvalue weighted by molar-refractivity contribution is 6.34. The van der Waals surface area contributed by atoms with Crippen LogP contribution in [0.15, 0.2) is 18.3 Å². The highest BCUT2D eigenvalue weighted by atomic mass is 35.5. The van der Waals surface area contributed by atoms with Crippen molar-refractivity contribution in [2.45, 2.75) is 32.7 Å². The minimum absolute atomic E-state index is 0.0236. The summed E-state index contributed by atoms with van der Waals surface area (Å²) in [6.45, 7) is 4.90. The van der Waals surface area contributed by atoms with Gasteiger partial charge in [-0.2, -0.15) is 5.10 Å². The number of likely N-dealkylation sites (tertiary alicyclic amines) is 1. The van der Waals surface area contributed by atoms with E-state index < -0.39 is 0 Å². The van der Waals surface area contributed by atoms with Crippen molar-refractivity contribution >= 4 is 17.5 Å². The molecule has 6 nitrogen and oxygen atoms in total. The van der Waals surface area contributed by atoms with Crippen molar-refractivity contribution in [2.75, 3.05) is 13.2 Å². The average Bonchev–Trinajstić information content (AvgIpc) is 3.14. The highest BCUT2D eigenvalue weighted by Gasteiger charge is 2.33. The van der Waals surface area contributed by atoms with Crippen molar-refractivity contribution in [2.24, 2.45) is 7.05 Å². The van der Waals surface area contributed by atoms with Gasteiger partial charge in [-0.1, -0.05) is 11.6 Å². The van der Waals surface area contributed by atoms with Gasteiger partial charge in [0.15, 0.2) is 5.69 Å². The molecule has 7 heteroatoms. The molecule has 1 saturated heterocycles. The van der Waals surface area contributed by atoms with E-state index in [4.69, 9.17) is 16.3 Å². The van der Waals surface area contributed by atoms with Gasteiger partial charge in [-0.3, -0.25) is 14.5 Å². The molecule has 0 aliphatic carbocycles. The van der Waals surface area contributed by atoms with Crippen LogP contribution in [0.1, 0.15) is 34.7 Å². The second-order valence-electron chi connectivity index (χ2n) is 6.06. The Bertz CT molecular complexity index is 759. The number of nitrogens with zero attached hydrogens (tertiary/aromatic N) is 4. The molecule has 3 rings (SSSR count). The molecule has 24 heavy (non-hydrogen) atoms. The second-order valence-corrected chi connectivity index (χ2v) is 6.44. The van der Waals surface area contributed by atoms with E-state index in [9.17, 15) is 4.79 Å². The number of hydrogen-bond acceptors (Lipinski definition) is 4. The van der Waals surface area contributed by atoms with E-state index in [1.807, 2.05) is 30.9 Å². The summed E-state index contributed by atoms with van der Waals surface area (Å²) in [5.41, 5.74) is 1.95. The second kappa shape index (κ2) is 6.81. The molecule has 1 unspecified atom stereocenters. The molecule has 0 aromatic carbocycles. The lowest BCUT2D eigenvalue weighted by Gasteiger charge is -2.24. The first-order valence-corrected chi connectivity index (χ1v) is 8.41. The lowest BCUT2D eigenvalue weighted by atomic mass is 10.2. The van der Waals surface area contributed by atoms with E-state index in [0.717, 1.165) is 30.0 Å². The third-order valence-electron chi connectivity index (χ3n) is 4.49. The molecular weight excluding hydrogens is 328 g/mol. The predicted octanol–water partition coefficient (Wildman–Crippen LogP) is 2.77. The standard InChI is InChI=1S/C17H21ClN4O2/c1-11-14(7-4-8-19-11)24-10-13-6-5-9-22(13)17(23)16-15(18)12(2)21(3)20-16/h4,7-8,13H,5-6,9-10H2,1-3H3. The molecule has 1 amide bonds. The van der Waals surface area contributed by atoms with Gasteiger partial charge >= 0.3 is 0 Å². The number of pyridine rings is 1. The number of ether oxygens (including phenoxy) is 1. The van der Waals surface area contributed by atoms with Crippen LogP contribution in [-0.2, 0) is 7.05 Å². The third-order valence-corrected chi connectivity index (χ3v) is 4.94. The van der Waals surface area contributed by atoms with Crippen molar-refractivity contribution in [1.82, 2.24) is 19.7 Å². The predicted molar refractivity (Wildman–Crippen MR) is 91.5 cm³/mol. The van der Waals surface area contributed by atoms with Gasteiger partial charge in [-0.05, 0) is 38.8 Å². The average molecular weight is 349 g/mol. The van der Waals surface area contributed by atoms with Crippen molar-refractivity contribution in [1.29, 1.82) is 0 Å². The van der Waals surface area contributed by atoms with Crippen LogP contribution in [0.5, 0.6) is 5.75 Å². The molecule has 1 aliphatic heterocycles. The maximum Gasteiger partial charge on any atom is 0.276 e. The molecule has 128 valence electrons. The first-order chi connectivity index (χ1) is 11.5. The number of aromatic nitrogens is 3. The molecule has 1 atom stereocenters. The fourth-order valence-electron chi connectivity index (χ4n) is 2.94. The molecular formula is C17H21ClN4O2. The first-order valence-electron chi connectivity index (χ1n) is 8.03. The molecule has 0 N–H and O–H groups in total. The van der Waals surface area contributed by atoms with Crippen LogP contribution in [0.4, 0.5) is 0 Å². The SMILES string of the molecule is Cc1ncccc1OCC1CCCN1C(=O)c1nn(C)c(C)c1Cl. The minimum atomic E-state index is -0.127. The smallest absolute Gasteiger partial charge is 0.276 e. The summed E-state index contributed by atoms with van der Waals surface area (Å²) in [7, 11) is 1.79. The highest BCUT2D eigenvalue weighted by Crippen LogP contribution is 2.26. The number of carbonyl (C=O) groups is 1. The molecule has 3 heterocycles. The Morgan fingerprint density at radius 1 is 1.46 bits per heavy atom. The van der Waals surface area contributed by atoms with Crippen LogP contribution >= 0.6 is 11.6 Å². The van der Waals surface area contributed by atoms with E-state index in [0.29, 0.717) is 23.9 Å². The third kappa shape index (κ3) is 3.11. The van der Waals surface area contributed by atoms with Crippen LogP contribution in [-0.4, -0.2) is 44.8 Å². The van der Waals surface area contributed by atoms with E-state index in [1.165, 1.54) is 0 Å². The van der Waals surface area contributed by atoms with E-state index in [1.54, 1.807) is 17.9 Å². The molecule has 0 saturated carbocycles. The van der Waals surface area contributed by atoms with Crippen LogP contribution in [0.2, 0.25) is 5.02 Å². The Morgan fingerprint density at radius 2 is 2.25 bits per heavy atom. The summed E-state index contributed by atoms with van der Waals surface area (Å²) < 4.78 is 7.52. The number of aryl methyl sites for hydroxylation is 2. The number of carbonyl (C=O) groups excluding carboxylic acids is 1.